The SMILES string of the molecule is CC1=CC(C)(C)Nc2c(C)cc(-c3cccc(F)c3C)c(Cl)c21. The molecule has 0 saturated heterocycles. The smallest absolute Gasteiger partial charge is 0.126 e. The fourth-order valence-corrected chi connectivity index (χ4v) is 3.79. The lowest BCUT2D eigenvalue weighted by Crippen LogP contribution is -2.32. The molecular formula is C20H21ClFN. The summed E-state index contributed by atoms with van der Waals surface area (Å²) in [5, 5.41) is 4.22. The molecule has 0 spiro atoms. The van der Waals surface area contributed by atoms with Crippen molar-refractivity contribution >= 4 is 22.9 Å². The molecule has 0 aliphatic carbocycles. The third-order valence-electron chi connectivity index (χ3n) is 4.44. The average Bonchev–Trinajstić information content (AvgIpc) is 2.44. The van der Waals surface area contributed by atoms with Crippen LogP contribution < -0.4 is 5.32 Å². The second kappa shape index (κ2) is 5.38. The van der Waals surface area contributed by atoms with Crippen LogP contribution >= 0.6 is 11.6 Å². The Balaban J connectivity index is 2.30. The van der Waals surface area contributed by atoms with Gasteiger partial charge in [0.15, 0.2) is 0 Å². The number of halogens is 2. The zero-order chi connectivity index (χ0) is 16.9. The van der Waals surface area contributed by atoms with Crippen molar-refractivity contribution in [2.75, 3.05) is 5.32 Å². The molecule has 1 nitrogen and oxygen atoms in total. The van der Waals surface area contributed by atoms with E-state index >= 15 is 0 Å². The minimum absolute atomic E-state index is 0.110. The Hall–Kier alpha value is -1.80. The highest BCUT2D eigenvalue weighted by Gasteiger charge is 2.27. The van der Waals surface area contributed by atoms with Crippen molar-refractivity contribution in [2.24, 2.45) is 0 Å². The molecule has 0 bridgehead atoms. The van der Waals surface area contributed by atoms with Crippen molar-refractivity contribution in [2.45, 2.75) is 40.2 Å². The van der Waals surface area contributed by atoms with Crippen LogP contribution in [0.2, 0.25) is 5.02 Å². The highest BCUT2D eigenvalue weighted by Crippen LogP contribution is 2.45. The van der Waals surface area contributed by atoms with Gasteiger partial charge < -0.3 is 5.32 Å². The van der Waals surface area contributed by atoms with Gasteiger partial charge in [-0.15, -0.1) is 0 Å². The molecule has 2 aromatic rings. The second-order valence-corrected chi connectivity index (χ2v) is 7.27. The van der Waals surface area contributed by atoms with Crippen molar-refractivity contribution in [3.8, 4) is 11.1 Å². The Morgan fingerprint density at radius 2 is 1.78 bits per heavy atom. The normalized spacial score (nSPS) is 15.7. The van der Waals surface area contributed by atoms with Crippen molar-refractivity contribution in [3.63, 3.8) is 0 Å². The van der Waals surface area contributed by atoms with Crippen LogP contribution in [0.25, 0.3) is 16.7 Å². The topological polar surface area (TPSA) is 12.0 Å². The molecule has 1 heterocycles. The highest BCUT2D eigenvalue weighted by atomic mass is 35.5. The van der Waals surface area contributed by atoms with Crippen LogP contribution in [0.15, 0.2) is 30.3 Å². The summed E-state index contributed by atoms with van der Waals surface area (Å²) in [6.45, 7) is 10.2. The predicted octanol–water partition coefficient (Wildman–Crippen LogP) is 6.37. The van der Waals surface area contributed by atoms with Gasteiger partial charge in [0.1, 0.15) is 5.82 Å². The monoisotopic (exact) mass is 329 g/mol. The number of anilines is 1. The van der Waals surface area contributed by atoms with E-state index in [1.165, 1.54) is 6.07 Å². The van der Waals surface area contributed by atoms with Crippen molar-refractivity contribution in [3.05, 3.63) is 57.9 Å². The number of allylic oxidation sites excluding steroid dienone is 1. The minimum Gasteiger partial charge on any atom is -0.376 e. The van der Waals surface area contributed by atoms with Crippen molar-refractivity contribution < 1.29 is 4.39 Å². The van der Waals surface area contributed by atoms with Gasteiger partial charge in [-0.1, -0.05) is 29.8 Å². The van der Waals surface area contributed by atoms with Crippen LogP contribution in [0.5, 0.6) is 0 Å². The number of nitrogens with one attached hydrogen (secondary N) is 1. The molecule has 0 aromatic heterocycles. The summed E-state index contributed by atoms with van der Waals surface area (Å²) in [7, 11) is 0. The van der Waals surface area contributed by atoms with Gasteiger partial charge in [-0.25, -0.2) is 4.39 Å². The van der Waals surface area contributed by atoms with E-state index in [4.69, 9.17) is 11.6 Å². The molecule has 1 aliphatic heterocycles. The standard InChI is InChI=1S/C20H21ClFN/c1-11-9-15(14-7-6-8-16(22)13(14)3)18(21)17-12(2)10-20(4,5)23-19(11)17/h6-10,23H,1-5H3. The van der Waals surface area contributed by atoms with E-state index in [0.717, 1.165) is 33.5 Å². The van der Waals surface area contributed by atoms with Gasteiger partial charge in [0.2, 0.25) is 0 Å². The number of rotatable bonds is 1. The first kappa shape index (κ1) is 16.1. The zero-order valence-corrected chi connectivity index (χ0v) is 14.9. The number of hydrogen-bond donors (Lipinski definition) is 1. The highest BCUT2D eigenvalue weighted by molar-refractivity contribution is 6.36. The molecule has 3 rings (SSSR count). The Labute approximate surface area is 142 Å². The van der Waals surface area contributed by atoms with Gasteiger partial charge in [0.25, 0.3) is 0 Å². The van der Waals surface area contributed by atoms with E-state index < -0.39 is 0 Å². The first-order chi connectivity index (χ1) is 10.7. The van der Waals surface area contributed by atoms with Crippen LogP contribution in [0.1, 0.15) is 37.5 Å². The van der Waals surface area contributed by atoms with E-state index in [1.807, 2.05) is 12.1 Å². The van der Waals surface area contributed by atoms with Gasteiger partial charge in [0, 0.05) is 16.8 Å². The molecular weight excluding hydrogens is 309 g/mol. The molecule has 23 heavy (non-hydrogen) atoms. The van der Waals surface area contributed by atoms with E-state index in [1.54, 1.807) is 13.0 Å². The van der Waals surface area contributed by atoms with Crippen molar-refractivity contribution in [1.82, 2.24) is 0 Å². The van der Waals surface area contributed by atoms with Gasteiger partial charge in [-0.3, -0.25) is 0 Å². The molecule has 0 fully saturated rings. The fourth-order valence-electron chi connectivity index (χ4n) is 3.39. The maximum Gasteiger partial charge on any atom is 0.126 e. The Kier molecular flexibility index (Phi) is 3.76. The summed E-state index contributed by atoms with van der Waals surface area (Å²) in [4.78, 5) is 0. The van der Waals surface area contributed by atoms with Gasteiger partial charge in [-0.2, -0.15) is 0 Å². The zero-order valence-electron chi connectivity index (χ0n) is 14.1. The Morgan fingerprint density at radius 1 is 1.09 bits per heavy atom. The Bertz CT molecular complexity index is 834. The first-order valence-electron chi connectivity index (χ1n) is 7.78. The molecule has 0 unspecified atom stereocenters. The molecule has 0 radical (unpaired) electrons. The quantitative estimate of drug-likeness (QED) is 0.641. The lowest BCUT2D eigenvalue weighted by atomic mass is 9.86. The third kappa shape index (κ3) is 2.66. The summed E-state index contributed by atoms with van der Waals surface area (Å²) < 4.78 is 13.9. The predicted molar refractivity (Wildman–Crippen MR) is 97.7 cm³/mol. The second-order valence-electron chi connectivity index (χ2n) is 6.89. The van der Waals surface area contributed by atoms with E-state index in [-0.39, 0.29) is 11.4 Å². The van der Waals surface area contributed by atoms with Gasteiger partial charge in [-0.05, 0) is 69.0 Å². The lowest BCUT2D eigenvalue weighted by Gasteiger charge is -2.33. The number of fused-ring (bicyclic) bond motifs is 1. The summed E-state index contributed by atoms with van der Waals surface area (Å²) in [6.07, 6.45) is 2.18. The van der Waals surface area contributed by atoms with Crippen LogP contribution in [-0.4, -0.2) is 5.54 Å². The summed E-state index contributed by atoms with van der Waals surface area (Å²) in [5.74, 6) is -0.208. The van der Waals surface area contributed by atoms with Crippen LogP contribution in [0.3, 0.4) is 0 Å². The summed E-state index contributed by atoms with van der Waals surface area (Å²) in [5.41, 5.74) is 6.59. The maximum absolute atomic E-state index is 13.9. The van der Waals surface area contributed by atoms with Crippen LogP contribution in [0, 0.1) is 19.7 Å². The average molecular weight is 330 g/mol. The number of benzene rings is 2. The molecule has 0 saturated carbocycles. The van der Waals surface area contributed by atoms with E-state index in [9.17, 15) is 4.39 Å². The van der Waals surface area contributed by atoms with E-state index in [2.05, 4.69) is 39.1 Å². The van der Waals surface area contributed by atoms with E-state index in [0.29, 0.717) is 10.6 Å². The van der Waals surface area contributed by atoms with Crippen LogP contribution in [0.4, 0.5) is 10.1 Å². The molecule has 120 valence electrons. The molecule has 3 heteroatoms. The van der Waals surface area contributed by atoms with Gasteiger partial charge in [0.05, 0.1) is 10.6 Å². The third-order valence-corrected chi connectivity index (χ3v) is 4.83. The van der Waals surface area contributed by atoms with Gasteiger partial charge >= 0.3 is 0 Å². The largest absolute Gasteiger partial charge is 0.376 e. The molecule has 1 N–H and O–H groups in total. The molecule has 1 aliphatic rings. The number of hydrogen-bond acceptors (Lipinski definition) is 1. The molecule has 2 aromatic carbocycles. The minimum atomic E-state index is -0.208. The van der Waals surface area contributed by atoms with Crippen molar-refractivity contribution in [1.29, 1.82) is 0 Å². The Morgan fingerprint density at radius 3 is 2.48 bits per heavy atom. The maximum atomic E-state index is 13.9. The molecule has 0 atom stereocenters. The first-order valence-corrected chi connectivity index (χ1v) is 8.15. The summed E-state index contributed by atoms with van der Waals surface area (Å²) >= 11 is 6.74. The lowest BCUT2D eigenvalue weighted by molar-refractivity contribution is 0.619. The summed E-state index contributed by atoms with van der Waals surface area (Å²) in [6, 6.07) is 7.18. The number of aryl methyl sites for hydroxylation is 1. The fraction of sp³-hybridized carbons (Fsp3) is 0.300. The molecule has 0 amide bonds. The van der Waals surface area contributed by atoms with Crippen LogP contribution in [-0.2, 0) is 0 Å².